The molecule has 5 aromatic rings. The Hall–Kier alpha value is -3.45. The Morgan fingerprint density at radius 1 is 0.536 bits per heavy atom. The summed E-state index contributed by atoms with van der Waals surface area (Å²) in [6.45, 7) is 4.39. The molecule has 0 unspecified atom stereocenters. The van der Waals surface area contributed by atoms with E-state index in [4.69, 9.17) is 0 Å². The summed E-state index contributed by atoms with van der Waals surface area (Å²) in [6, 6.07) is 28.2. The predicted molar refractivity (Wildman–Crippen MR) is 120 cm³/mol. The highest BCUT2D eigenvalue weighted by molar-refractivity contribution is 6.21. The van der Waals surface area contributed by atoms with E-state index in [0.29, 0.717) is 0 Å². The number of benzene rings is 4. The predicted octanol–water partition coefficient (Wildman–Crippen LogP) is 7.34. The highest BCUT2D eigenvalue weighted by atomic mass is 14.6. The van der Waals surface area contributed by atoms with Crippen LogP contribution in [0.4, 0.5) is 0 Å². The molecule has 1 aromatic heterocycles. The first kappa shape index (κ1) is 16.7. The van der Waals surface area contributed by atoms with Gasteiger partial charge in [0.2, 0.25) is 0 Å². The van der Waals surface area contributed by atoms with Crippen molar-refractivity contribution in [2.24, 2.45) is 0 Å². The van der Waals surface area contributed by atoms with Crippen LogP contribution >= 0.6 is 0 Å². The first-order valence-electron chi connectivity index (χ1n) is 9.65. The molecule has 0 aliphatic heterocycles. The van der Waals surface area contributed by atoms with Gasteiger partial charge in [-0.1, -0.05) is 72.8 Å². The number of hydrogen-bond acceptors (Lipinski definition) is 1. The average molecular weight is 359 g/mol. The van der Waals surface area contributed by atoms with Crippen molar-refractivity contribution in [2.45, 2.75) is 13.8 Å². The largest absolute Gasteiger partial charge is 0.264 e. The van der Waals surface area contributed by atoms with Crippen molar-refractivity contribution >= 4 is 21.5 Å². The van der Waals surface area contributed by atoms with Gasteiger partial charge in [0, 0.05) is 17.8 Å². The van der Waals surface area contributed by atoms with E-state index in [1.807, 2.05) is 12.4 Å². The second-order valence-corrected chi connectivity index (χ2v) is 7.39. The number of pyridine rings is 1. The number of nitrogens with zero attached hydrogens (tertiary/aromatic N) is 1. The van der Waals surface area contributed by atoms with Gasteiger partial charge in [0.1, 0.15) is 0 Å². The zero-order valence-corrected chi connectivity index (χ0v) is 16.1. The molecule has 28 heavy (non-hydrogen) atoms. The van der Waals surface area contributed by atoms with Crippen LogP contribution in [0.5, 0.6) is 0 Å². The van der Waals surface area contributed by atoms with E-state index in [0.717, 1.165) is 0 Å². The molecule has 1 heteroatoms. The minimum atomic E-state index is 1.20. The molecular formula is C27H21N. The summed E-state index contributed by atoms with van der Waals surface area (Å²) < 4.78 is 0. The van der Waals surface area contributed by atoms with Gasteiger partial charge in [-0.25, -0.2) is 0 Å². The summed E-state index contributed by atoms with van der Waals surface area (Å²) in [6.07, 6.45) is 3.91. The molecule has 0 saturated carbocycles. The normalized spacial score (nSPS) is 11.2. The van der Waals surface area contributed by atoms with Crippen LogP contribution in [0.1, 0.15) is 11.1 Å². The summed E-state index contributed by atoms with van der Waals surface area (Å²) in [5.74, 6) is 0. The molecule has 5 rings (SSSR count). The SMILES string of the molecule is Cc1cc2c(-c3ccccc3)c3ccncc3c(-c3ccccc3)c2cc1C. The van der Waals surface area contributed by atoms with Crippen LogP contribution in [-0.4, -0.2) is 4.98 Å². The van der Waals surface area contributed by atoms with E-state index in [1.54, 1.807) is 0 Å². The second kappa shape index (κ2) is 6.61. The Morgan fingerprint density at radius 2 is 1.04 bits per heavy atom. The number of hydrogen-bond donors (Lipinski definition) is 0. The Labute approximate surface area is 165 Å². The van der Waals surface area contributed by atoms with Gasteiger partial charge in [0.25, 0.3) is 0 Å². The third-order valence-electron chi connectivity index (χ3n) is 5.66. The zero-order valence-electron chi connectivity index (χ0n) is 16.1. The van der Waals surface area contributed by atoms with Crippen molar-refractivity contribution in [3.05, 3.63) is 102 Å². The Morgan fingerprint density at radius 3 is 1.57 bits per heavy atom. The lowest BCUT2D eigenvalue weighted by atomic mass is 9.85. The molecule has 0 spiro atoms. The lowest BCUT2D eigenvalue weighted by Crippen LogP contribution is -1.93. The maximum atomic E-state index is 4.48. The van der Waals surface area contributed by atoms with Crippen molar-refractivity contribution in [1.82, 2.24) is 4.98 Å². The fourth-order valence-electron chi connectivity index (χ4n) is 4.16. The summed E-state index contributed by atoms with van der Waals surface area (Å²) in [7, 11) is 0. The quantitative estimate of drug-likeness (QED) is 0.300. The van der Waals surface area contributed by atoms with Gasteiger partial charge < -0.3 is 0 Å². The number of rotatable bonds is 2. The first-order chi connectivity index (χ1) is 13.7. The molecule has 0 radical (unpaired) electrons. The molecular weight excluding hydrogens is 338 g/mol. The molecule has 0 aliphatic rings. The maximum absolute atomic E-state index is 4.48. The van der Waals surface area contributed by atoms with Gasteiger partial charge in [-0.2, -0.15) is 0 Å². The first-order valence-corrected chi connectivity index (χ1v) is 9.65. The molecule has 0 atom stereocenters. The third-order valence-corrected chi connectivity index (χ3v) is 5.66. The maximum Gasteiger partial charge on any atom is 0.0353 e. The number of aryl methyl sites for hydroxylation is 2. The minimum Gasteiger partial charge on any atom is -0.264 e. The number of aromatic nitrogens is 1. The lowest BCUT2D eigenvalue weighted by molar-refractivity contribution is 1.36. The van der Waals surface area contributed by atoms with Crippen LogP contribution < -0.4 is 0 Å². The van der Waals surface area contributed by atoms with Crippen molar-refractivity contribution in [2.75, 3.05) is 0 Å². The molecule has 0 saturated heterocycles. The van der Waals surface area contributed by atoms with Crippen molar-refractivity contribution in [3.63, 3.8) is 0 Å². The fourth-order valence-corrected chi connectivity index (χ4v) is 4.16. The molecule has 0 bridgehead atoms. The smallest absolute Gasteiger partial charge is 0.0353 e. The minimum absolute atomic E-state index is 1.20. The molecule has 4 aromatic carbocycles. The standard InChI is InChI=1S/C27H21N/c1-18-15-23-24(16-19(18)2)27(21-11-7-4-8-12-21)25-17-28-14-13-22(25)26(23)20-9-5-3-6-10-20/h3-17H,1-2H3. The molecule has 134 valence electrons. The Bertz CT molecular complexity index is 1200. The van der Waals surface area contributed by atoms with Gasteiger partial charge in [-0.05, 0) is 69.5 Å². The van der Waals surface area contributed by atoms with Gasteiger partial charge in [0.05, 0.1) is 0 Å². The van der Waals surface area contributed by atoms with Gasteiger partial charge >= 0.3 is 0 Å². The van der Waals surface area contributed by atoms with Crippen LogP contribution in [0.3, 0.4) is 0 Å². The average Bonchev–Trinajstić information content (AvgIpc) is 2.74. The Balaban J connectivity index is 2.05. The van der Waals surface area contributed by atoms with Crippen LogP contribution in [0.15, 0.2) is 91.3 Å². The zero-order chi connectivity index (χ0) is 19.1. The number of fused-ring (bicyclic) bond motifs is 2. The van der Waals surface area contributed by atoms with Crippen molar-refractivity contribution in [3.8, 4) is 22.3 Å². The molecule has 1 nitrogen and oxygen atoms in total. The molecule has 0 aliphatic carbocycles. The van der Waals surface area contributed by atoms with E-state index >= 15 is 0 Å². The van der Waals surface area contributed by atoms with E-state index < -0.39 is 0 Å². The van der Waals surface area contributed by atoms with Gasteiger partial charge in [0.15, 0.2) is 0 Å². The fraction of sp³-hybridized carbons (Fsp3) is 0.0741. The van der Waals surface area contributed by atoms with Crippen LogP contribution in [0, 0.1) is 13.8 Å². The van der Waals surface area contributed by atoms with E-state index in [2.05, 4.69) is 97.7 Å². The topological polar surface area (TPSA) is 12.9 Å². The Kier molecular flexibility index (Phi) is 3.95. The summed E-state index contributed by atoms with van der Waals surface area (Å²) in [5, 5.41) is 5.03. The lowest BCUT2D eigenvalue weighted by Gasteiger charge is -2.18. The second-order valence-electron chi connectivity index (χ2n) is 7.39. The molecule has 0 fully saturated rings. The summed E-state index contributed by atoms with van der Waals surface area (Å²) in [4.78, 5) is 4.48. The molecule has 0 amide bonds. The van der Waals surface area contributed by atoms with Crippen LogP contribution in [-0.2, 0) is 0 Å². The van der Waals surface area contributed by atoms with E-state index in [-0.39, 0.29) is 0 Å². The van der Waals surface area contributed by atoms with Crippen LogP contribution in [0.25, 0.3) is 43.8 Å². The van der Waals surface area contributed by atoms with Crippen molar-refractivity contribution < 1.29 is 0 Å². The highest BCUT2D eigenvalue weighted by Gasteiger charge is 2.17. The van der Waals surface area contributed by atoms with Crippen LogP contribution in [0.2, 0.25) is 0 Å². The molecule has 0 N–H and O–H groups in total. The van der Waals surface area contributed by atoms with E-state index in [1.165, 1.54) is 54.9 Å². The van der Waals surface area contributed by atoms with Crippen molar-refractivity contribution in [1.29, 1.82) is 0 Å². The monoisotopic (exact) mass is 359 g/mol. The van der Waals surface area contributed by atoms with Gasteiger partial charge in [-0.15, -0.1) is 0 Å². The molecule has 1 heterocycles. The summed E-state index contributed by atoms with van der Waals surface area (Å²) >= 11 is 0. The highest BCUT2D eigenvalue weighted by Crippen LogP contribution is 2.43. The summed E-state index contributed by atoms with van der Waals surface area (Å²) in [5.41, 5.74) is 7.65. The third kappa shape index (κ3) is 2.59. The van der Waals surface area contributed by atoms with E-state index in [9.17, 15) is 0 Å². The van der Waals surface area contributed by atoms with Gasteiger partial charge in [-0.3, -0.25) is 4.98 Å².